The van der Waals surface area contributed by atoms with Gasteiger partial charge in [-0.2, -0.15) is 0 Å². The molecule has 3 aliphatic heterocycles. The van der Waals surface area contributed by atoms with Crippen LogP contribution in [0.25, 0.3) is 0 Å². The number of anilines is 2. The average Bonchev–Trinajstić information content (AvgIpc) is 3.42. The zero-order valence-electron chi connectivity index (χ0n) is 17.9. The lowest BCUT2D eigenvalue weighted by molar-refractivity contribution is -0.128. The van der Waals surface area contributed by atoms with Crippen molar-refractivity contribution >= 4 is 23.2 Å². The number of hydrogen-bond donors (Lipinski definition) is 1. The molecule has 1 spiro atoms. The quantitative estimate of drug-likeness (QED) is 0.751. The van der Waals surface area contributed by atoms with Crippen LogP contribution in [0, 0.1) is 11.8 Å². The predicted molar refractivity (Wildman–Crippen MR) is 118 cm³/mol. The summed E-state index contributed by atoms with van der Waals surface area (Å²) < 4.78 is 11.5. The molecule has 0 aromatic heterocycles. The molecule has 6 heteroatoms. The molecule has 2 aromatic carbocycles. The lowest BCUT2D eigenvalue weighted by Crippen LogP contribution is -2.41. The molecule has 2 amide bonds. The lowest BCUT2D eigenvalue weighted by atomic mass is 9.76. The number of methoxy groups -OCH3 is 1. The maximum atomic E-state index is 13.4. The van der Waals surface area contributed by atoms with Gasteiger partial charge in [0.1, 0.15) is 11.4 Å². The van der Waals surface area contributed by atoms with Crippen molar-refractivity contribution in [1.29, 1.82) is 0 Å². The Bertz CT molecular complexity index is 1060. The summed E-state index contributed by atoms with van der Waals surface area (Å²) >= 11 is 0. The molecule has 0 unspecified atom stereocenters. The highest BCUT2D eigenvalue weighted by Crippen LogP contribution is 2.53. The maximum Gasteiger partial charge on any atom is 0.234 e. The largest absolute Gasteiger partial charge is 0.497 e. The molecular weight excluding hydrogens is 392 g/mol. The predicted octanol–water partition coefficient (Wildman–Crippen LogP) is 3.74. The fourth-order valence-corrected chi connectivity index (χ4v) is 4.97. The Hall–Kier alpha value is -3.12. The zero-order chi connectivity index (χ0) is 21.8. The number of ether oxygens (including phenoxy) is 2. The first-order valence-corrected chi connectivity index (χ1v) is 10.7. The number of benzene rings is 2. The first-order chi connectivity index (χ1) is 14.9. The number of amides is 2. The van der Waals surface area contributed by atoms with Crippen LogP contribution in [0.3, 0.4) is 0 Å². The molecule has 0 aliphatic carbocycles. The Balaban J connectivity index is 1.39. The summed E-state index contributed by atoms with van der Waals surface area (Å²) in [5.74, 6) is -0.261. The molecular formula is C25H26N2O4. The normalized spacial score (nSPS) is 28.3. The molecule has 2 aromatic rings. The number of nitrogens with one attached hydrogen (secondary N) is 1. The summed E-state index contributed by atoms with van der Waals surface area (Å²) in [7, 11) is 1.60. The van der Waals surface area contributed by atoms with Crippen molar-refractivity contribution in [2.24, 2.45) is 11.8 Å². The van der Waals surface area contributed by atoms with Crippen LogP contribution in [0.5, 0.6) is 5.75 Å². The van der Waals surface area contributed by atoms with Gasteiger partial charge in [0.2, 0.25) is 11.8 Å². The van der Waals surface area contributed by atoms with Gasteiger partial charge in [0.25, 0.3) is 0 Å². The Morgan fingerprint density at radius 1 is 1.23 bits per heavy atom. The monoisotopic (exact) mass is 418 g/mol. The van der Waals surface area contributed by atoms with Crippen LogP contribution < -0.4 is 15.0 Å². The summed E-state index contributed by atoms with van der Waals surface area (Å²) in [5, 5.41) is 2.99. The van der Waals surface area contributed by atoms with E-state index in [2.05, 4.69) is 19.2 Å². The number of carbonyl (C=O) groups excluding carboxylic acids is 2. The van der Waals surface area contributed by atoms with Crippen LogP contribution in [0.15, 0.2) is 60.7 Å². The van der Waals surface area contributed by atoms with Crippen molar-refractivity contribution in [3.8, 4) is 5.75 Å². The fraction of sp³-hybridized carbons (Fsp3) is 0.360. The van der Waals surface area contributed by atoms with Gasteiger partial charge in [-0.3, -0.25) is 9.59 Å². The second kappa shape index (κ2) is 7.24. The Morgan fingerprint density at radius 3 is 2.71 bits per heavy atom. The van der Waals surface area contributed by atoms with E-state index in [1.165, 1.54) is 5.56 Å². The molecule has 6 nitrogen and oxygen atoms in total. The Kier molecular flexibility index (Phi) is 4.63. The van der Waals surface area contributed by atoms with Crippen LogP contribution in [-0.2, 0) is 14.3 Å². The maximum absolute atomic E-state index is 13.4. The van der Waals surface area contributed by atoms with E-state index in [4.69, 9.17) is 9.47 Å². The molecule has 5 rings (SSSR count). The third-order valence-electron chi connectivity index (χ3n) is 6.61. The van der Waals surface area contributed by atoms with E-state index in [0.29, 0.717) is 18.2 Å². The molecule has 0 saturated carbocycles. The van der Waals surface area contributed by atoms with E-state index < -0.39 is 17.4 Å². The van der Waals surface area contributed by atoms with E-state index in [9.17, 15) is 9.59 Å². The van der Waals surface area contributed by atoms with Gasteiger partial charge in [-0.25, -0.2) is 0 Å². The van der Waals surface area contributed by atoms with Gasteiger partial charge in [0.15, 0.2) is 0 Å². The molecule has 160 valence electrons. The molecule has 2 bridgehead atoms. The van der Waals surface area contributed by atoms with E-state index in [-0.39, 0.29) is 17.9 Å². The minimum absolute atomic E-state index is 0.0876. The van der Waals surface area contributed by atoms with Gasteiger partial charge >= 0.3 is 0 Å². The summed E-state index contributed by atoms with van der Waals surface area (Å²) in [6.45, 7) is 4.65. The molecule has 4 atom stereocenters. The third-order valence-corrected chi connectivity index (χ3v) is 6.61. The number of carbonyl (C=O) groups is 2. The highest BCUT2D eigenvalue weighted by atomic mass is 16.5. The van der Waals surface area contributed by atoms with Gasteiger partial charge in [-0.1, -0.05) is 44.2 Å². The highest BCUT2D eigenvalue weighted by molar-refractivity contribution is 6.05. The smallest absolute Gasteiger partial charge is 0.234 e. The van der Waals surface area contributed by atoms with E-state index in [1.54, 1.807) is 12.0 Å². The second-order valence-electron chi connectivity index (χ2n) is 8.79. The van der Waals surface area contributed by atoms with Gasteiger partial charge in [-0.05, 0) is 35.7 Å². The molecule has 3 heterocycles. The minimum atomic E-state index is -0.756. The van der Waals surface area contributed by atoms with Gasteiger partial charge in [0, 0.05) is 17.4 Å². The lowest BCUT2D eigenvalue weighted by Gasteiger charge is -2.23. The highest BCUT2D eigenvalue weighted by Gasteiger charge is 2.67. The first-order valence-electron chi connectivity index (χ1n) is 10.7. The SMILES string of the molecule is COc1cccc(N2C[C@@]34C=C[C@@H](O3)[C@@H](C(=O)Nc3ccc(C(C)C)cc3)[C@H]4C2=O)c1. The van der Waals surface area contributed by atoms with Crippen molar-refractivity contribution in [1.82, 2.24) is 0 Å². The van der Waals surface area contributed by atoms with Crippen LogP contribution in [0.1, 0.15) is 25.3 Å². The molecule has 1 N–H and O–H groups in total. The number of hydrogen-bond acceptors (Lipinski definition) is 4. The van der Waals surface area contributed by atoms with Crippen LogP contribution in [0.4, 0.5) is 11.4 Å². The van der Waals surface area contributed by atoms with Gasteiger partial charge in [0.05, 0.1) is 31.6 Å². The van der Waals surface area contributed by atoms with Gasteiger partial charge in [-0.15, -0.1) is 0 Å². The Morgan fingerprint density at radius 2 is 2.00 bits per heavy atom. The molecule has 31 heavy (non-hydrogen) atoms. The molecule has 3 aliphatic rings. The second-order valence-corrected chi connectivity index (χ2v) is 8.79. The first kappa shape index (κ1) is 19.8. The number of nitrogens with zero attached hydrogens (tertiary/aromatic N) is 1. The molecule has 0 radical (unpaired) electrons. The number of rotatable bonds is 5. The average molecular weight is 418 g/mol. The summed E-state index contributed by atoms with van der Waals surface area (Å²) in [4.78, 5) is 28.4. The van der Waals surface area contributed by atoms with Crippen LogP contribution in [0.2, 0.25) is 0 Å². The van der Waals surface area contributed by atoms with Crippen molar-refractivity contribution in [3.63, 3.8) is 0 Å². The van der Waals surface area contributed by atoms with Crippen molar-refractivity contribution < 1.29 is 19.1 Å². The summed E-state index contributed by atoms with van der Waals surface area (Å²) in [6, 6.07) is 15.3. The van der Waals surface area contributed by atoms with Crippen molar-refractivity contribution in [2.45, 2.75) is 31.5 Å². The van der Waals surface area contributed by atoms with Crippen LogP contribution >= 0.6 is 0 Å². The van der Waals surface area contributed by atoms with E-state index in [0.717, 1.165) is 11.4 Å². The fourth-order valence-electron chi connectivity index (χ4n) is 4.97. The molecule has 2 saturated heterocycles. The number of fused-ring (bicyclic) bond motifs is 1. The topological polar surface area (TPSA) is 67.9 Å². The van der Waals surface area contributed by atoms with Crippen LogP contribution in [-0.4, -0.2) is 37.2 Å². The van der Waals surface area contributed by atoms with Gasteiger partial charge < -0.3 is 19.7 Å². The standard InChI is InChI=1S/C25H26N2O4/c1-15(2)16-7-9-17(10-8-16)26-23(28)21-20-11-12-25(31-20)14-27(24(29)22(21)25)18-5-4-6-19(13-18)30-3/h4-13,15,20-22H,14H2,1-3H3,(H,26,28)/t20-,21-,22+,25-/m1/s1. The Labute approximate surface area is 181 Å². The van der Waals surface area contributed by atoms with E-state index in [1.807, 2.05) is 60.7 Å². The minimum Gasteiger partial charge on any atom is -0.497 e. The zero-order valence-corrected chi connectivity index (χ0v) is 17.9. The van der Waals surface area contributed by atoms with Crippen molar-refractivity contribution in [2.75, 3.05) is 23.9 Å². The summed E-state index contributed by atoms with van der Waals surface area (Å²) in [5.41, 5.74) is 1.93. The summed E-state index contributed by atoms with van der Waals surface area (Å²) in [6.07, 6.45) is 3.50. The van der Waals surface area contributed by atoms with Crippen molar-refractivity contribution in [3.05, 3.63) is 66.2 Å². The third kappa shape index (κ3) is 3.13. The molecule has 2 fully saturated rings. The van der Waals surface area contributed by atoms with E-state index >= 15 is 0 Å².